The lowest BCUT2D eigenvalue weighted by Crippen LogP contribution is -2.52. The minimum absolute atomic E-state index is 0.0961. The summed E-state index contributed by atoms with van der Waals surface area (Å²) in [6, 6.07) is 9.09. The first-order chi connectivity index (χ1) is 12.0. The largest absolute Gasteiger partial charge is 0.486 e. The Bertz CT molecular complexity index is 756. The predicted molar refractivity (Wildman–Crippen MR) is 90.5 cm³/mol. The first-order valence-electron chi connectivity index (χ1n) is 8.32. The molecule has 1 aromatic carbocycles. The van der Waals surface area contributed by atoms with Crippen LogP contribution >= 0.6 is 0 Å². The van der Waals surface area contributed by atoms with Crippen LogP contribution in [0.25, 0.3) is 0 Å². The van der Waals surface area contributed by atoms with Crippen molar-refractivity contribution >= 4 is 11.9 Å². The summed E-state index contributed by atoms with van der Waals surface area (Å²) < 4.78 is 11.0. The van der Waals surface area contributed by atoms with E-state index < -0.39 is 17.4 Å². The summed E-state index contributed by atoms with van der Waals surface area (Å²) in [5, 5.41) is 12.2. The average molecular weight is 343 g/mol. The molecule has 0 radical (unpaired) electrons. The molecule has 132 valence electrons. The van der Waals surface area contributed by atoms with Gasteiger partial charge in [-0.1, -0.05) is 30.5 Å². The van der Waals surface area contributed by atoms with E-state index in [0.717, 1.165) is 18.4 Å². The maximum Gasteiger partial charge on any atom is 0.329 e. The molecular weight excluding hydrogens is 322 g/mol. The van der Waals surface area contributed by atoms with Crippen LogP contribution in [0.3, 0.4) is 0 Å². The molecule has 2 aromatic rings. The quantitative estimate of drug-likeness (QED) is 0.840. The van der Waals surface area contributed by atoms with Gasteiger partial charge in [0.15, 0.2) is 5.76 Å². The molecule has 1 heterocycles. The van der Waals surface area contributed by atoms with Crippen molar-refractivity contribution in [1.29, 1.82) is 0 Å². The van der Waals surface area contributed by atoms with Crippen LogP contribution in [-0.2, 0) is 11.4 Å². The number of nitrogens with one attached hydrogen (secondary N) is 1. The highest BCUT2D eigenvalue weighted by Gasteiger charge is 2.43. The van der Waals surface area contributed by atoms with Crippen LogP contribution in [0.2, 0.25) is 0 Å². The zero-order valence-electron chi connectivity index (χ0n) is 14.1. The average Bonchev–Trinajstić information content (AvgIpc) is 3.24. The van der Waals surface area contributed by atoms with E-state index in [2.05, 4.69) is 5.32 Å². The third-order valence-corrected chi connectivity index (χ3v) is 4.60. The number of aliphatic carboxylic acids is 1. The van der Waals surface area contributed by atoms with E-state index in [1.54, 1.807) is 0 Å². The molecule has 0 spiro atoms. The molecule has 2 N–H and O–H groups in total. The third kappa shape index (κ3) is 3.68. The monoisotopic (exact) mass is 343 g/mol. The fourth-order valence-electron chi connectivity index (χ4n) is 3.09. The minimum atomic E-state index is -1.18. The fourth-order valence-corrected chi connectivity index (χ4v) is 3.09. The van der Waals surface area contributed by atoms with Crippen LogP contribution in [-0.4, -0.2) is 22.5 Å². The van der Waals surface area contributed by atoms with Crippen LogP contribution in [0.5, 0.6) is 5.75 Å². The summed E-state index contributed by atoms with van der Waals surface area (Å²) in [6.45, 7) is 2.08. The fraction of sp³-hybridized carbons (Fsp3) is 0.368. The van der Waals surface area contributed by atoms with E-state index in [1.165, 1.54) is 12.3 Å². The Hall–Kier alpha value is -2.76. The van der Waals surface area contributed by atoms with Crippen molar-refractivity contribution in [2.24, 2.45) is 0 Å². The number of aryl methyl sites for hydroxylation is 1. The molecule has 1 aliphatic rings. The first-order valence-corrected chi connectivity index (χ1v) is 8.32. The van der Waals surface area contributed by atoms with E-state index in [-0.39, 0.29) is 6.61 Å². The summed E-state index contributed by atoms with van der Waals surface area (Å²) in [5.41, 5.74) is 0.254. The molecule has 0 saturated heterocycles. The van der Waals surface area contributed by atoms with Gasteiger partial charge >= 0.3 is 5.97 Å². The minimum Gasteiger partial charge on any atom is -0.486 e. The molecule has 25 heavy (non-hydrogen) atoms. The van der Waals surface area contributed by atoms with Crippen LogP contribution < -0.4 is 10.1 Å². The van der Waals surface area contributed by atoms with Gasteiger partial charge in [0.25, 0.3) is 5.91 Å². The summed E-state index contributed by atoms with van der Waals surface area (Å²) in [5.74, 6) is -0.386. The smallest absolute Gasteiger partial charge is 0.329 e. The second-order valence-electron chi connectivity index (χ2n) is 6.41. The molecule has 6 nitrogen and oxygen atoms in total. The molecule has 1 saturated carbocycles. The molecule has 6 heteroatoms. The van der Waals surface area contributed by atoms with Gasteiger partial charge in [-0.2, -0.15) is 0 Å². The lowest BCUT2D eigenvalue weighted by Gasteiger charge is -2.25. The van der Waals surface area contributed by atoms with Gasteiger partial charge in [-0.05, 0) is 38.0 Å². The van der Waals surface area contributed by atoms with Gasteiger partial charge < -0.3 is 19.6 Å². The summed E-state index contributed by atoms with van der Waals surface area (Å²) in [7, 11) is 0. The number of ether oxygens (including phenoxy) is 1. The van der Waals surface area contributed by atoms with E-state index in [0.29, 0.717) is 29.9 Å². The third-order valence-electron chi connectivity index (χ3n) is 4.60. The highest BCUT2D eigenvalue weighted by atomic mass is 16.5. The first kappa shape index (κ1) is 17.1. The normalized spacial score (nSPS) is 15.7. The number of carbonyl (C=O) groups excluding carboxylic acids is 1. The number of rotatable bonds is 6. The van der Waals surface area contributed by atoms with Crippen molar-refractivity contribution in [3.8, 4) is 5.75 Å². The Morgan fingerprint density at radius 2 is 1.88 bits per heavy atom. The summed E-state index contributed by atoms with van der Waals surface area (Å²) in [6.07, 6.45) is 3.88. The molecule has 1 amide bonds. The van der Waals surface area contributed by atoms with Gasteiger partial charge in [-0.25, -0.2) is 4.79 Å². The molecule has 0 bridgehead atoms. The van der Waals surface area contributed by atoms with Crippen LogP contribution in [0.15, 0.2) is 41.0 Å². The lowest BCUT2D eigenvalue weighted by molar-refractivity contribution is -0.144. The molecule has 1 aliphatic carbocycles. The molecule has 0 aliphatic heterocycles. The molecule has 1 aromatic heterocycles. The lowest BCUT2D eigenvalue weighted by atomic mass is 9.97. The summed E-state index contributed by atoms with van der Waals surface area (Å²) in [4.78, 5) is 24.1. The molecular formula is C19H21NO5. The molecule has 0 atom stereocenters. The highest BCUT2D eigenvalue weighted by Crippen LogP contribution is 2.30. The number of carboxylic acid groups (broad SMARTS) is 1. The Morgan fingerprint density at radius 3 is 2.52 bits per heavy atom. The van der Waals surface area contributed by atoms with Gasteiger partial charge in [0, 0.05) is 0 Å². The number of hydrogen-bond acceptors (Lipinski definition) is 4. The van der Waals surface area contributed by atoms with Gasteiger partial charge in [0.05, 0.1) is 11.8 Å². The van der Waals surface area contributed by atoms with E-state index >= 15 is 0 Å². The Kier molecular flexibility index (Phi) is 4.79. The number of carboxylic acids is 1. The van der Waals surface area contributed by atoms with E-state index in [1.807, 2.05) is 31.2 Å². The van der Waals surface area contributed by atoms with Gasteiger partial charge in [0.2, 0.25) is 0 Å². The topological polar surface area (TPSA) is 88.8 Å². The van der Waals surface area contributed by atoms with Crippen LogP contribution in [0.1, 0.15) is 47.4 Å². The SMILES string of the molecule is Cc1ccc(OCc2occc2C(=O)NC2(C(=O)O)CCCC2)cc1. The van der Waals surface area contributed by atoms with Crippen molar-refractivity contribution < 1.29 is 23.8 Å². The Morgan fingerprint density at radius 1 is 1.20 bits per heavy atom. The summed E-state index contributed by atoms with van der Waals surface area (Å²) >= 11 is 0. The number of carbonyl (C=O) groups is 2. The van der Waals surface area contributed by atoms with Crippen molar-refractivity contribution in [2.75, 3.05) is 0 Å². The van der Waals surface area contributed by atoms with Gasteiger partial charge in [0.1, 0.15) is 17.9 Å². The maximum absolute atomic E-state index is 12.6. The standard InChI is InChI=1S/C19H21NO5/c1-13-4-6-14(7-5-13)25-12-16-15(8-11-24-16)17(21)20-19(18(22)23)9-2-3-10-19/h4-8,11H,2-3,9-10,12H2,1H3,(H,20,21)(H,22,23). The van der Waals surface area contributed by atoms with Crippen LogP contribution in [0, 0.1) is 6.92 Å². The van der Waals surface area contributed by atoms with Crippen molar-refractivity contribution in [3.63, 3.8) is 0 Å². The zero-order valence-corrected chi connectivity index (χ0v) is 14.1. The number of benzene rings is 1. The Balaban J connectivity index is 1.69. The predicted octanol–water partition coefficient (Wildman–Crippen LogP) is 3.29. The van der Waals surface area contributed by atoms with Crippen molar-refractivity contribution in [1.82, 2.24) is 5.32 Å². The molecule has 3 rings (SSSR count). The highest BCUT2D eigenvalue weighted by molar-refractivity contribution is 5.98. The van der Waals surface area contributed by atoms with E-state index in [9.17, 15) is 14.7 Å². The van der Waals surface area contributed by atoms with E-state index in [4.69, 9.17) is 9.15 Å². The Labute approximate surface area is 145 Å². The van der Waals surface area contributed by atoms with Crippen LogP contribution in [0.4, 0.5) is 0 Å². The zero-order chi connectivity index (χ0) is 17.9. The van der Waals surface area contributed by atoms with Gasteiger partial charge in [-0.3, -0.25) is 4.79 Å². The molecule has 0 unspecified atom stereocenters. The second kappa shape index (κ2) is 7.01. The maximum atomic E-state index is 12.6. The second-order valence-corrected chi connectivity index (χ2v) is 6.41. The number of hydrogen-bond donors (Lipinski definition) is 2. The van der Waals surface area contributed by atoms with Crippen molar-refractivity contribution in [2.45, 2.75) is 44.8 Å². The number of amides is 1. The molecule has 1 fully saturated rings. The van der Waals surface area contributed by atoms with Crippen molar-refractivity contribution in [3.05, 3.63) is 53.5 Å². The van der Waals surface area contributed by atoms with Gasteiger partial charge in [-0.15, -0.1) is 0 Å². The number of furan rings is 1.